The zero-order valence-corrected chi connectivity index (χ0v) is 19.0. The van der Waals surface area contributed by atoms with E-state index in [1.54, 1.807) is 25.0 Å². The average Bonchev–Trinajstić information content (AvgIpc) is 3.40. The van der Waals surface area contributed by atoms with E-state index in [2.05, 4.69) is 5.16 Å². The summed E-state index contributed by atoms with van der Waals surface area (Å²) in [5.41, 5.74) is 1.24. The molecule has 0 radical (unpaired) electrons. The van der Waals surface area contributed by atoms with Crippen LogP contribution in [0.5, 0.6) is 5.75 Å². The summed E-state index contributed by atoms with van der Waals surface area (Å²) in [6, 6.07) is 8.59. The van der Waals surface area contributed by atoms with Crippen LogP contribution in [-0.4, -0.2) is 30.1 Å². The number of Topliss-reactive ketones (excluding diaryl/α,β-unsaturated/α-hetero) is 1. The minimum atomic E-state index is -0.621. The molecule has 2 aliphatic carbocycles. The van der Waals surface area contributed by atoms with E-state index in [0.717, 1.165) is 24.8 Å². The Bertz CT molecular complexity index is 1150. The third-order valence-electron chi connectivity index (χ3n) is 7.95. The summed E-state index contributed by atoms with van der Waals surface area (Å²) in [7, 11) is 1.60. The molecule has 0 N–H and O–H groups in total. The maximum Gasteiger partial charge on any atom is 0.295 e. The molecule has 4 aliphatic rings. The fraction of sp³-hybridized carbons (Fsp3) is 0.500. The Morgan fingerprint density at radius 3 is 2.73 bits per heavy atom. The van der Waals surface area contributed by atoms with Gasteiger partial charge in [-0.2, -0.15) is 0 Å². The molecular formula is C26H28N2O5. The quantitative estimate of drug-likeness (QED) is 0.687. The normalized spacial score (nSPS) is 31.1. The highest BCUT2D eigenvalue weighted by Crippen LogP contribution is 2.52. The van der Waals surface area contributed by atoms with Crippen LogP contribution in [0, 0.1) is 24.7 Å². The lowest BCUT2D eigenvalue weighted by Gasteiger charge is -2.46. The van der Waals surface area contributed by atoms with Crippen LogP contribution in [0.1, 0.15) is 55.9 Å². The van der Waals surface area contributed by atoms with Crippen molar-refractivity contribution in [2.75, 3.05) is 12.0 Å². The number of benzene rings is 1. The predicted octanol–water partition coefficient (Wildman–Crippen LogP) is 4.52. The zero-order valence-electron chi connectivity index (χ0n) is 19.0. The molecule has 33 heavy (non-hydrogen) atoms. The van der Waals surface area contributed by atoms with Crippen molar-refractivity contribution in [3.8, 4) is 5.75 Å². The van der Waals surface area contributed by atoms with Crippen molar-refractivity contribution in [1.29, 1.82) is 0 Å². The van der Waals surface area contributed by atoms with Gasteiger partial charge in [-0.3, -0.25) is 14.5 Å². The highest BCUT2D eigenvalue weighted by atomic mass is 16.5. The molecule has 2 aromatic rings. The second-order valence-electron chi connectivity index (χ2n) is 9.73. The summed E-state index contributed by atoms with van der Waals surface area (Å²) in [5.74, 6) is 2.31. The number of hydrogen-bond acceptors (Lipinski definition) is 6. The topological polar surface area (TPSA) is 81.9 Å². The first-order chi connectivity index (χ1) is 16.1. The third kappa shape index (κ3) is 3.12. The van der Waals surface area contributed by atoms with Gasteiger partial charge in [-0.05, 0) is 55.7 Å². The van der Waals surface area contributed by atoms with Gasteiger partial charge in [0, 0.05) is 6.07 Å². The fourth-order valence-electron chi connectivity index (χ4n) is 6.46. The third-order valence-corrected chi connectivity index (χ3v) is 7.95. The Morgan fingerprint density at radius 1 is 1.09 bits per heavy atom. The minimum absolute atomic E-state index is 0.0501. The Balaban J connectivity index is 1.46. The van der Waals surface area contributed by atoms with E-state index in [-0.39, 0.29) is 29.5 Å². The summed E-state index contributed by atoms with van der Waals surface area (Å²) >= 11 is 0. The van der Waals surface area contributed by atoms with Gasteiger partial charge in [0.25, 0.3) is 5.91 Å². The van der Waals surface area contributed by atoms with Gasteiger partial charge in [-0.15, -0.1) is 0 Å². The number of anilines is 1. The maximum atomic E-state index is 14.0. The van der Waals surface area contributed by atoms with Crippen molar-refractivity contribution in [3.05, 3.63) is 53.0 Å². The van der Waals surface area contributed by atoms with Crippen molar-refractivity contribution >= 4 is 17.5 Å². The molecule has 3 heterocycles. The van der Waals surface area contributed by atoms with Crippen molar-refractivity contribution < 1.29 is 23.6 Å². The second kappa shape index (κ2) is 7.75. The summed E-state index contributed by atoms with van der Waals surface area (Å²) in [5, 5.41) is 4.11. The van der Waals surface area contributed by atoms with Crippen LogP contribution in [0.2, 0.25) is 0 Å². The van der Waals surface area contributed by atoms with Gasteiger partial charge in [0.1, 0.15) is 17.6 Å². The SMILES string of the molecule is COc1cccc(C2C3=C(OC4C(CCC5CCCCC54)C3=O)C(=O)N2c2cc(C)on2)c1. The number of aryl methyl sites for hydroxylation is 1. The Hall–Kier alpha value is -3.09. The van der Waals surface area contributed by atoms with Gasteiger partial charge in [0.2, 0.25) is 0 Å². The van der Waals surface area contributed by atoms with Crippen molar-refractivity contribution in [3.63, 3.8) is 0 Å². The summed E-state index contributed by atoms with van der Waals surface area (Å²) in [6.07, 6.45) is 6.36. The van der Waals surface area contributed by atoms with Crippen LogP contribution in [0.15, 0.2) is 46.2 Å². The van der Waals surface area contributed by atoms with Crippen LogP contribution in [0.3, 0.4) is 0 Å². The predicted molar refractivity (Wildman–Crippen MR) is 120 cm³/mol. The highest BCUT2D eigenvalue weighted by molar-refractivity contribution is 6.17. The zero-order chi connectivity index (χ0) is 22.7. The van der Waals surface area contributed by atoms with Gasteiger partial charge < -0.3 is 14.0 Å². The molecule has 7 heteroatoms. The molecule has 2 saturated carbocycles. The maximum absolute atomic E-state index is 14.0. The van der Waals surface area contributed by atoms with E-state index in [1.165, 1.54) is 19.3 Å². The van der Waals surface area contributed by atoms with E-state index < -0.39 is 6.04 Å². The van der Waals surface area contributed by atoms with Gasteiger partial charge in [-0.25, -0.2) is 0 Å². The van der Waals surface area contributed by atoms with E-state index >= 15 is 0 Å². The lowest BCUT2D eigenvalue weighted by Crippen LogP contribution is -2.48. The van der Waals surface area contributed by atoms with Gasteiger partial charge in [0.15, 0.2) is 17.4 Å². The molecule has 0 bridgehead atoms. The molecule has 5 unspecified atom stereocenters. The number of nitrogens with zero attached hydrogens (tertiary/aromatic N) is 2. The summed E-state index contributed by atoms with van der Waals surface area (Å²) in [4.78, 5) is 29.3. The summed E-state index contributed by atoms with van der Waals surface area (Å²) in [6.45, 7) is 1.78. The van der Waals surface area contributed by atoms with Crippen LogP contribution in [0.25, 0.3) is 0 Å². The number of methoxy groups -OCH3 is 1. The molecule has 2 aliphatic heterocycles. The van der Waals surface area contributed by atoms with E-state index in [4.69, 9.17) is 14.0 Å². The van der Waals surface area contributed by atoms with Crippen LogP contribution in [-0.2, 0) is 14.3 Å². The molecule has 5 atom stereocenters. The Labute approximate surface area is 192 Å². The number of ketones is 1. The standard InChI is InChI=1S/C26H28N2O5/c1-14-12-20(27-33-14)28-22(16-7-5-8-17(13-16)31-2)21-23(29)19-11-10-15-6-3-4-9-18(15)24(19)32-25(21)26(28)30/h5,7-8,12-13,15,18-19,22,24H,3-4,6,9-11H2,1-2H3. The first-order valence-corrected chi connectivity index (χ1v) is 11.9. The molecule has 1 amide bonds. The highest BCUT2D eigenvalue weighted by Gasteiger charge is 2.56. The van der Waals surface area contributed by atoms with Crippen LogP contribution < -0.4 is 9.64 Å². The monoisotopic (exact) mass is 448 g/mol. The summed E-state index contributed by atoms with van der Waals surface area (Å²) < 4.78 is 17.2. The smallest absolute Gasteiger partial charge is 0.295 e. The van der Waals surface area contributed by atoms with Crippen molar-refractivity contribution in [2.24, 2.45) is 17.8 Å². The molecule has 1 aromatic heterocycles. The van der Waals surface area contributed by atoms with Gasteiger partial charge >= 0.3 is 0 Å². The molecule has 7 nitrogen and oxygen atoms in total. The number of rotatable bonds is 3. The number of ether oxygens (including phenoxy) is 2. The van der Waals surface area contributed by atoms with Gasteiger partial charge in [-0.1, -0.05) is 36.6 Å². The molecule has 1 aromatic carbocycles. The largest absolute Gasteiger partial charge is 0.497 e. The number of fused-ring (bicyclic) bond motifs is 3. The van der Waals surface area contributed by atoms with Crippen LogP contribution >= 0.6 is 0 Å². The second-order valence-corrected chi connectivity index (χ2v) is 9.73. The lowest BCUT2D eigenvalue weighted by atomic mass is 9.63. The lowest BCUT2D eigenvalue weighted by molar-refractivity contribution is -0.139. The van der Waals surface area contributed by atoms with E-state index in [1.807, 2.05) is 24.3 Å². The number of amides is 1. The minimum Gasteiger partial charge on any atom is -0.497 e. The Kier molecular flexibility index (Phi) is 4.82. The number of hydrogen-bond donors (Lipinski definition) is 0. The van der Waals surface area contributed by atoms with Gasteiger partial charge in [0.05, 0.1) is 24.6 Å². The van der Waals surface area contributed by atoms with E-state index in [0.29, 0.717) is 34.7 Å². The van der Waals surface area contributed by atoms with Crippen LogP contribution in [0.4, 0.5) is 5.82 Å². The number of carbonyl (C=O) groups excluding carboxylic acids is 2. The van der Waals surface area contributed by atoms with Crippen molar-refractivity contribution in [2.45, 2.75) is 57.6 Å². The van der Waals surface area contributed by atoms with E-state index in [9.17, 15) is 9.59 Å². The molecule has 0 spiro atoms. The number of aromatic nitrogens is 1. The first-order valence-electron chi connectivity index (χ1n) is 11.9. The van der Waals surface area contributed by atoms with Crippen molar-refractivity contribution in [1.82, 2.24) is 5.16 Å². The number of carbonyl (C=O) groups is 2. The fourth-order valence-corrected chi connectivity index (χ4v) is 6.46. The molecule has 0 saturated heterocycles. The molecular weight excluding hydrogens is 420 g/mol. The first kappa shape index (κ1) is 20.5. The Morgan fingerprint density at radius 2 is 1.94 bits per heavy atom. The average molecular weight is 449 g/mol. The molecule has 2 fully saturated rings. The molecule has 172 valence electrons. The molecule has 6 rings (SSSR count).